The summed E-state index contributed by atoms with van der Waals surface area (Å²) in [5.74, 6) is 2.15. The molecule has 9 heteroatoms. The number of hydrogen-bond donors (Lipinski definition) is 0. The Bertz CT molecular complexity index is 1060. The first-order valence-corrected chi connectivity index (χ1v) is 11.8. The lowest BCUT2D eigenvalue weighted by molar-refractivity contribution is -0.137. The van der Waals surface area contributed by atoms with E-state index >= 15 is 0 Å². The molecule has 0 N–H and O–H groups in total. The van der Waals surface area contributed by atoms with Crippen LogP contribution in [0.4, 0.5) is 13.2 Å². The van der Waals surface area contributed by atoms with E-state index < -0.39 is 11.7 Å². The van der Waals surface area contributed by atoms with Crippen molar-refractivity contribution in [3.63, 3.8) is 0 Å². The third kappa shape index (κ3) is 4.20. The highest BCUT2D eigenvalue weighted by atomic mass is 32.2. The molecule has 0 bridgehead atoms. The maximum absolute atomic E-state index is 12.8. The maximum atomic E-state index is 12.8. The average Bonchev–Trinajstić information content (AvgIpc) is 3.16. The Hall–Kier alpha value is -2.26. The molecule has 1 saturated carbocycles. The van der Waals surface area contributed by atoms with E-state index in [0.717, 1.165) is 66.8 Å². The number of likely N-dealkylation sites (tertiary alicyclic amines) is 1. The van der Waals surface area contributed by atoms with Crippen LogP contribution in [0, 0.1) is 5.41 Å². The van der Waals surface area contributed by atoms with Gasteiger partial charge in [0.15, 0.2) is 11.0 Å². The molecule has 2 fully saturated rings. The fourth-order valence-corrected chi connectivity index (χ4v) is 5.72. The highest BCUT2D eigenvalue weighted by molar-refractivity contribution is 7.99. The van der Waals surface area contributed by atoms with Crippen LogP contribution in [0.2, 0.25) is 0 Å². The second kappa shape index (κ2) is 8.26. The quantitative estimate of drug-likeness (QED) is 0.345. The van der Waals surface area contributed by atoms with E-state index in [2.05, 4.69) is 15.1 Å². The summed E-state index contributed by atoms with van der Waals surface area (Å²) in [7, 11) is 1.96. The van der Waals surface area contributed by atoms with Gasteiger partial charge in [-0.05, 0) is 67.4 Å². The second-order valence-electron chi connectivity index (χ2n) is 8.84. The minimum absolute atomic E-state index is 0.260. The summed E-state index contributed by atoms with van der Waals surface area (Å²) < 4.78 is 45.5. The minimum Gasteiger partial charge on any atom is -0.472 e. The molecule has 5 rings (SSSR count). The minimum atomic E-state index is -4.27. The highest BCUT2D eigenvalue weighted by Crippen LogP contribution is 2.64. The molecule has 1 aliphatic carbocycles. The van der Waals surface area contributed by atoms with Gasteiger partial charge in [-0.2, -0.15) is 13.2 Å². The first kappa shape index (κ1) is 21.6. The first-order chi connectivity index (χ1) is 15.4. The molecule has 1 saturated heterocycles. The van der Waals surface area contributed by atoms with Crippen molar-refractivity contribution in [3.8, 4) is 11.4 Å². The number of benzene rings is 1. The van der Waals surface area contributed by atoms with Gasteiger partial charge in [0.05, 0.1) is 17.4 Å². The van der Waals surface area contributed by atoms with Crippen molar-refractivity contribution in [2.75, 3.05) is 25.4 Å². The molecule has 0 radical (unpaired) electrons. The monoisotopic (exact) mass is 462 g/mol. The molecule has 2 aliphatic rings. The van der Waals surface area contributed by atoms with Crippen molar-refractivity contribution >= 4 is 11.8 Å². The summed E-state index contributed by atoms with van der Waals surface area (Å²) in [6, 6.07) is 7.64. The summed E-state index contributed by atoms with van der Waals surface area (Å²) in [4.78, 5) is 2.50. The van der Waals surface area contributed by atoms with Crippen LogP contribution < -0.4 is 0 Å². The number of hydrogen-bond acceptors (Lipinski definition) is 5. The lowest BCUT2D eigenvalue weighted by Crippen LogP contribution is -2.23. The summed E-state index contributed by atoms with van der Waals surface area (Å²) >= 11 is 1.70. The van der Waals surface area contributed by atoms with Crippen LogP contribution >= 0.6 is 11.8 Å². The van der Waals surface area contributed by atoms with Gasteiger partial charge in [0.1, 0.15) is 6.26 Å². The van der Waals surface area contributed by atoms with Gasteiger partial charge in [-0.1, -0.05) is 23.9 Å². The molecule has 3 heterocycles. The third-order valence-electron chi connectivity index (χ3n) is 6.76. The van der Waals surface area contributed by atoms with E-state index in [4.69, 9.17) is 4.42 Å². The van der Waals surface area contributed by atoms with E-state index in [1.165, 1.54) is 12.1 Å². The van der Waals surface area contributed by atoms with Crippen molar-refractivity contribution in [3.05, 3.63) is 54.0 Å². The van der Waals surface area contributed by atoms with E-state index in [1.807, 2.05) is 17.7 Å². The average molecular weight is 463 g/mol. The van der Waals surface area contributed by atoms with E-state index in [9.17, 15) is 13.2 Å². The zero-order chi connectivity index (χ0) is 22.3. The van der Waals surface area contributed by atoms with Gasteiger partial charge in [0.25, 0.3) is 0 Å². The molecule has 1 spiro atoms. The van der Waals surface area contributed by atoms with Crippen LogP contribution in [0.25, 0.3) is 11.4 Å². The molecule has 1 aromatic carbocycles. The normalized spacial score (nSPS) is 23.3. The van der Waals surface area contributed by atoms with Gasteiger partial charge in [0.2, 0.25) is 0 Å². The van der Waals surface area contributed by atoms with Gasteiger partial charge in [-0.15, -0.1) is 10.2 Å². The van der Waals surface area contributed by atoms with Gasteiger partial charge >= 0.3 is 6.18 Å². The number of furan rings is 1. The molecule has 0 amide bonds. The fraction of sp³-hybridized carbons (Fsp3) is 0.478. The smallest absolute Gasteiger partial charge is 0.416 e. The molecule has 2 atom stereocenters. The Kier molecular flexibility index (Phi) is 5.57. The van der Waals surface area contributed by atoms with Gasteiger partial charge in [-0.25, -0.2) is 0 Å². The van der Waals surface area contributed by atoms with Gasteiger partial charge in [0, 0.05) is 19.3 Å². The predicted octanol–water partition coefficient (Wildman–Crippen LogP) is 5.46. The summed E-state index contributed by atoms with van der Waals surface area (Å²) in [6.45, 7) is 3.13. The maximum Gasteiger partial charge on any atom is 0.416 e. The number of halogens is 3. The second-order valence-corrected chi connectivity index (χ2v) is 9.91. The third-order valence-corrected chi connectivity index (χ3v) is 7.87. The predicted molar refractivity (Wildman–Crippen MR) is 116 cm³/mol. The van der Waals surface area contributed by atoms with Crippen molar-refractivity contribution in [1.82, 2.24) is 19.7 Å². The van der Waals surface area contributed by atoms with Gasteiger partial charge in [-0.3, -0.25) is 0 Å². The van der Waals surface area contributed by atoms with Crippen molar-refractivity contribution < 1.29 is 17.6 Å². The van der Waals surface area contributed by atoms with Crippen molar-refractivity contribution in [2.24, 2.45) is 12.5 Å². The van der Waals surface area contributed by atoms with Crippen LogP contribution in [0.5, 0.6) is 0 Å². The molecule has 5 nitrogen and oxygen atoms in total. The number of nitrogens with zero attached hydrogens (tertiary/aromatic N) is 4. The van der Waals surface area contributed by atoms with Crippen LogP contribution in [0.1, 0.15) is 36.3 Å². The summed E-state index contributed by atoms with van der Waals surface area (Å²) in [6.07, 6.45) is 2.29. The van der Waals surface area contributed by atoms with Crippen LogP contribution in [-0.2, 0) is 13.2 Å². The Labute approximate surface area is 189 Å². The van der Waals surface area contributed by atoms with Crippen LogP contribution in [0.3, 0.4) is 0 Å². The molecule has 3 aromatic rings. The Morgan fingerprint density at radius 1 is 1.19 bits per heavy atom. The number of alkyl halides is 3. The molecular weight excluding hydrogens is 437 g/mol. The Morgan fingerprint density at radius 3 is 2.72 bits per heavy atom. The zero-order valence-corrected chi connectivity index (χ0v) is 18.6. The highest BCUT2D eigenvalue weighted by Gasteiger charge is 2.57. The topological polar surface area (TPSA) is 47.1 Å². The van der Waals surface area contributed by atoms with E-state index in [0.29, 0.717) is 5.92 Å². The van der Waals surface area contributed by atoms with Crippen molar-refractivity contribution in [1.29, 1.82) is 0 Å². The first-order valence-electron chi connectivity index (χ1n) is 10.8. The standard InChI is InChI=1S/C23H25F3N4OS/c1-29-20(17-7-11-31-14-17)27-28-21(29)32-12-2-9-30-10-8-22(15-30)13-19(22)16-3-5-18(6-4-16)23(24,25)26/h3-7,11,14,19H,2,8-10,12-13,15H2,1H3. The SMILES string of the molecule is Cn1c(SCCCN2CCC3(CC3c3ccc(C(F)(F)F)cc3)C2)nnc1-c1ccoc1. The Balaban J connectivity index is 1.08. The fourth-order valence-electron chi connectivity index (χ4n) is 4.88. The Morgan fingerprint density at radius 2 is 2.00 bits per heavy atom. The van der Waals surface area contributed by atoms with Crippen LogP contribution in [-0.4, -0.2) is 45.1 Å². The molecule has 170 valence electrons. The van der Waals surface area contributed by atoms with E-state index in [-0.39, 0.29) is 5.41 Å². The largest absolute Gasteiger partial charge is 0.472 e. The molecule has 2 aromatic heterocycles. The summed E-state index contributed by atoms with van der Waals surface area (Å²) in [5.41, 5.74) is 1.66. The van der Waals surface area contributed by atoms with Crippen LogP contribution in [0.15, 0.2) is 52.4 Å². The molecular formula is C23H25F3N4OS. The number of aromatic nitrogens is 3. The lowest BCUT2D eigenvalue weighted by Gasteiger charge is -2.16. The number of rotatable bonds is 7. The zero-order valence-electron chi connectivity index (χ0n) is 17.8. The molecule has 2 unspecified atom stereocenters. The summed E-state index contributed by atoms with van der Waals surface area (Å²) in [5, 5.41) is 9.44. The number of thioether (sulfide) groups is 1. The van der Waals surface area contributed by atoms with Gasteiger partial charge < -0.3 is 13.9 Å². The van der Waals surface area contributed by atoms with E-state index in [1.54, 1.807) is 36.4 Å². The lowest BCUT2D eigenvalue weighted by atomic mass is 9.97. The molecule has 32 heavy (non-hydrogen) atoms. The molecule has 1 aliphatic heterocycles. The van der Waals surface area contributed by atoms with Crippen molar-refractivity contribution in [2.45, 2.75) is 36.5 Å².